The molecule has 0 atom stereocenters. The van der Waals surface area contributed by atoms with Gasteiger partial charge in [-0.05, 0) is 73.6 Å². The van der Waals surface area contributed by atoms with E-state index in [2.05, 4.69) is 6.07 Å². The molecule has 1 nitrogen and oxygen atoms in total. The van der Waals surface area contributed by atoms with Gasteiger partial charge in [0.25, 0.3) is 0 Å². The molecule has 2 aromatic rings. The van der Waals surface area contributed by atoms with E-state index in [0.29, 0.717) is 10.6 Å². The number of aryl methyl sites for hydroxylation is 4. The molecule has 0 amide bonds. The number of hydrogen-bond acceptors (Lipinski definition) is 1. The van der Waals surface area contributed by atoms with Gasteiger partial charge in [-0.1, -0.05) is 23.7 Å². The summed E-state index contributed by atoms with van der Waals surface area (Å²) in [5.74, 6) is 0.0211. The van der Waals surface area contributed by atoms with Crippen LogP contribution in [0.3, 0.4) is 0 Å². The maximum atomic E-state index is 12.6. The fraction of sp³-hybridized carbons (Fsp3) is 0.278. The highest BCUT2D eigenvalue weighted by atomic mass is 35.5. The summed E-state index contributed by atoms with van der Waals surface area (Å²) in [5.41, 5.74) is 6.26. The van der Waals surface area contributed by atoms with Gasteiger partial charge in [-0.25, -0.2) is 0 Å². The predicted molar refractivity (Wildman–Crippen MR) is 82.8 cm³/mol. The van der Waals surface area contributed by atoms with Gasteiger partial charge in [0, 0.05) is 11.1 Å². The molecule has 0 unspecified atom stereocenters. The molecule has 0 saturated heterocycles. The van der Waals surface area contributed by atoms with E-state index in [9.17, 15) is 4.79 Å². The van der Waals surface area contributed by atoms with Crippen LogP contribution in [0.2, 0.25) is 5.02 Å². The Balaban J connectivity index is 2.03. The topological polar surface area (TPSA) is 17.1 Å². The lowest BCUT2D eigenvalue weighted by atomic mass is 9.97. The average Bonchev–Trinajstić information content (AvgIpc) is 2.89. The highest BCUT2D eigenvalue weighted by Gasteiger charge is 2.17. The van der Waals surface area contributed by atoms with Crippen LogP contribution >= 0.6 is 11.6 Å². The molecule has 0 bridgehead atoms. The summed E-state index contributed by atoms with van der Waals surface area (Å²) >= 11 is 6.24. The number of benzene rings is 2. The number of fused-ring (bicyclic) bond motifs is 1. The van der Waals surface area contributed by atoms with Crippen molar-refractivity contribution in [3.8, 4) is 0 Å². The zero-order chi connectivity index (χ0) is 14.3. The molecular weight excluding hydrogens is 268 g/mol. The zero-order valence-corrected chi connectivity index (χ0v) is 12.6. The number of hydrogen-bond donors (Lipinski definition) is 0. The molecule has 0 heterocycles. The second-order valence-electron chi connectivity index (χ2n) is 5.58. The van der Waals surface area contributed by atoms with E-state index in [1.54, 1.807) is 0 Å². The van der Waals surface area contributed by atoms with Crippen molar-refractivity contribution in [2.24, 2.45) is 0 Å². The standard InChI is InChI=1S/C18H17ClO/c1-11-8-16(17(19)9-12(11)2)18(20)15-7-6-13-4-3-5-14(13)10-15/h6-10H,3-5H2,1-2H3. The van der Waals surface area contributed by atoms with Gasteiger partial charge >= 0.3 is 0 Å². The summed E-state index contributed by atoms with van der Waals surface area (Å²) in [4.78, 5) is 12.6. The highest BCUT2D eigenvalue weighted by molar-refractivity contribution is 6.35. The molecule has 0 spiro atoms. The summed E-state index contributed by atoms with van der Waals surface area (Å²) in [5, 5.41) is 0.540. The van der Waals surface area contributed by atoms with Crippen LogP contribution in [0.15, 0.2) is 30.3 Å². The first-order valence-electron chi connectivity index (χ1n) is 6.99. The molecule has 0 N–H and O–H groups in total. The second-order valence-corrected chi connectivity index (χ2v) is 5.99. The van der Waals surface area contributed by atoms with E-state index in [1.807, 2.05) is 38.1 Å². The fourth-order valence-electron chi connectivity index (χ4n) is 2.82. The first-order chi connectivity index (χ1) is 9.56. The SMILES string of the molecule is Cc1cc(Cl)c(C(=O)c2ccc3c(c2)CCC3)cc1C. The van der Waals surface area contributed by atoms with E-state index < -0.39 is 0 Å². The van der Waals surface area contributed by atoms with E-state index in [1.165, 1.54) is 17.5 Å². The minimum atomic E-state index is 0.0211. The molecule has 0 radical (unpaired) electrons. The smallest absolute Gasteiger partial charge is 0.194 e. The molecule has 3 rings (SSSR count). The lowest BCUT2D eigenvalue weighted by Crippen LogP contribution is -2.04. The molecular formula is C18H17ClO. The van der Waals surface area contributed by atoms with Crippen LogP contribution < -0.4 is 0 Å². The molecule has 0 fully saturated rings. The van der Waals surface area contributed by atoms with Gasteiger partial charge in [-0.2, -0.15) is 0 Å². The van der Waals surface area contributed by atoms with Crippen molar-refractivity contribution < 1.29 is 4.79 Å². The van der Waals surface area contributed by atoms with Gasteiger partial charge in [-0.3, -0.25) is 4.79 Å². The monoisotopic (exact) mass is 284 g/mol. The Morgan fingerprint density at radius 1 is 1.00 bits per heavy atom. The van der Waals surface area contributed by atoms with Crippen molar-refractivity contribution in [1.82, 2.24) is 0 Å². The van der Waals surface area contributed by atoms with Crippen LogP contribution in [0.4, 0.5) is 0 Å². The van der Waals surface area contributed by atoms with Crippen molar-refractivity contribution in [2.45, 2.75) is 33.1 Å². The van der Waals surface area contributed by atoms with Gasteiger partial charge in [0.15, 0.2) is 5.78 Å². The van der Waals surface area contributed by atoms with Crippen LogP contribution in [0.5, 0.6) is 0 Å². The van der Waals surface area contributed by atoms with Crippen LogP contribution in [0, 0.1) is 13.8 Å². The van der Waals surface area contributed by atoms with Gasteiger partial charge < -0.3 is 0 Å². The third-order valence-corrected chi connectivity index (χ3v) is 4.50. The van der Waals surface area contributed by atoms with Crippen molar-refractivity contribution in [2.75, 3.05) is 0 Å². The summed E-state index contributed by atoms with van der Waals surface area (Å²) in [6.45, 7) is 4.01. The van der Waals surface area contributed by atoms with Crippen molar-refractivity contribution in [3.63, 3.8) is 0 Å². The highest BCUT2D eigenvalue weighted by Crippen LogP contribution is 2.27. The normalized spacial score (nSPS) is 13.3. The number of carbonyl (C=O) groups excluding carboxylic acids is 1. The molecule has 0 aromatic heterocycles. The molecule has 0 aliphatic heterocycles. The summed E-state index contributed by atoms with van der Waals surface area (Å²) in [7, 11) is 0. The predicted octanol–water partition coefficient (Wildman–Crippen LogP) is 4.68. The Kier molecular flexibility index (Phi) is 3.39. The van der Waals surface area contributed by atoms with Gasteiger partial charge in [0.2, 0.25) is 0 Å². The third kappa shape index (κ3) is 2.27. The molecule has 1 aliphatic rings. The molecule has 20 heavy (non-hydrogen) atoms. The van der Waals surface area contributed by atoms with Gasteiger partial charge in [-0.15, -0.1) is 0 Å². The van der Waals surface area contributed by atoms with E-state index >= 15 is 0 Å². The second kappa shape index (κ2) is 5.06. The Hall–Kier alpha value is -1.60. The largest absolute Gasteiger partial charge is 0.289 e. The van der Waals surface area contributed by atoms with Crippen LogP contribution in [-0.4, -0.2) is 5.78 Å². The number of carbonyl (C=O) groups is 1. The average molecular weight is 285 g/mol. The molecule has 102 valence electrons. The quantitative estimate of drug-likeness (QED) is 0.732. The fourth-order valence-corrected chi connectivity index (χ4v) is 3.13. The van der Waals surface area contributed by atoms with Gasteiger partial charge in [0.05, 0.1) is 5.02 Å². The minimum absolute atomic E-state index is 0.0211. The summed E-state index contributed by atoms with van der Waals surface area (Å²) in [6, 6.07) is 9.82. The minimum Gasteiger partial charge on any atom is -0.289 e. The van der Waals surface area contributed by atoms with Crippen LogP contribution in [-0.2, 0) is 12.8 Å². The maximum absolute atomic E-state index is 12.6. The number of ketones is 1. The van der Waals surface area contributed by atoms with Gasteiger partial charge in [0.1, 0.15) is 0 Å². The summed E-state index contributed by atoms with van der Waals surface area (Å²) in [6.07, 6.45) is 3.41. The summed E-state index contributed by atoms with van der Waals surface area (Å²) < 4.78 is 0. The first-order valence-corrected chi connectivity index (χ1v) is 7.37. The van der Waals surface area contributed by atoms with E-state index in [4.69, 9.17) is 11.6 Å². The Morgan fingerprint density at radius 3 is 2.50 bits per heavy atom. The van der Waals surface area contributed by atoms with Crippen LogP contribution in [0.25, 0.3) is 0 Å². The lowest BCUT2D eigenvalue weighted by molar-refractivity contribution is 0.103. The molecule has 2 heteroatoms. The Labute approximate surface area is 124 Å². The van der Waals surface area contributed by atoms with Crippen LogP contribution in [0.1, 0.15) is 44.6 Å². The molecule has 2 aromatic carbocycles. The Bertz CT molecular complexity index is 701. The van der Waals surface area contributed by atoms with Crippen molar-refractivity contribution >= 4 is 17.4 Å². The van der Waals surface area contributed by atoms with Crippen molar-refractivity contribution in [3.05, 3.63) is 68.7 Å². The zero-order valence-electron chi connectivity index (χ0n) is 11.8. The lowest BCUT2D eigenvalue weighted by Gasteiger charge is -2.09. The van der Waals surface area contributed by atoms with Crippen molar-refractivity contribution in [1.29, 1.82) is 0 Å². The van der Waals surface area contributed by atoms with E-state index in [0.717, 1.165) is 29.5 Å². The number of halogens is 1. The third-order valence-electron chi connectivity index (χ3n) is 4.19. The molecule has 0 saturated carbocycles. The maximum Gasteiger partial charge on any atom is 0.194 e. The first kappa shape index (κ1) is 13.4. The number of rotatable bonds is 2. The Morgan fingerprint density at radius 2 is 1.70 bits per heavy atom. The molecule has 1 aliphatic carbocycles. The van der Waals surface area contributed by atoms with E-state index in [-0.39, 0.29) is 5.78 Å².